The molecule has 2 aromatic heterocycles. The predicted octanol–water partition coefficient (Wildman–Crippen LogP) is 2.90. The van der Waals surface area contributed by atoms with Crippen LogP contribution in [-0.2, 0) is 4.79 Å². The summed E-state index contributed by atoms with van der Waals surface area (Å²) in [5, 5.41) is 17.0. The molecule has 0 spiro atoms. The molecule has 0 bridgehead atoms. The molecule has 1 aromatic carbocycles. The Morgan fingerprint density at radius 1 is 1.31 bits per heavy atom. The number of aromatic nitrogens is 5. The van der Waals surface area contributed by atoms with E-state index in [0.717, 1.165) is 6.42 Å². The molecule has 8 heteroatoms. The number of nitrogens with one attached hydrogen (secondary N) is 2. The Bertz CT molecular complexity index is 843. The van der Waals surface area contributed by atoms with E-state index < -0.39 is 0 Å². The lowest BCUT2D eigenvalue weighted by atomic mass is 10.0. The van der Waals surface area contributed by atoms with Crippen LogP contribution in [0.4, 0.5) is 5.69 Å². The fourth-order valence-corrected chi connectivity index (χ4v) is 2.83. The van der Waals surface area contributed by atoms with Crippen LogP contribution in [0.3, 0.4) is 0 Å². The van der Waals surface area contributed by atoms with Crippen LogP contribution >= 0.6 is 0 Å². The van der Waals surface area contributed by atoms with Gasteiger partial charge in [-0.2, -0.15) is 5.21 Å². The van der Waals surface area contributed by atoms with E-state index in [-0.39, 0.29) is 11.9 Å². The Kier molecular flexibility index (Phi) is 5.31. The van der Waals surface area contributed by atoms with Gasteiger partial charge in [0.1, 0.15) is 11.8 Å². The first-order valence-electron chi connectivity index (χ1n) is 8.43. The quantitative estimate of drug-likeness (QED) is 0.680. The lowest BCUT2D eigenvalue weighted by molar-refractivity contribution is -0.119. The number of hydrogen-bond donors (Lipinski definition) is 2. The third kappa shape index (κ3) is 3.90. The summed E-state index contributed by atoms with van der Waals surface area (Å²) in [7, 11) is 1.57. The molecular formula is C18H22N6O2. The summed E-state index contributed by atoms with van der Waals surface area (Å²) in [6, 6.07) is 8.91. The maximum Gasteiger partial charge on any atom is 0.247 e. The number of amides is 1. The van der Waals surface area contributed by atoms with Crippen molar-refractivity contribution < 1.29 is 9.53 Å². The molecule has 1 atom stereocenters. The third-order valence-electron chi connectivity index (χ3n) is 4.04. The summed E-state index contributed by atoms with van der Waals surface area (Å²) in [6.07, 6.45) is 4.56. The summed E-state index contributed by atoms with van der Waals surface area (Å²) in [6.45, 7) is 4.21. The molecule has 2 heterocycles. The van der Waals surface area contributed by atoms with Crippen LogP contribution in [0.1, 0.15) is 26.3 Å². The molecule has 8 nitrogen and oxygen atoms in total. The summed E-state index contributed by atoms with van der Waals surface area (Å²) >= 11 is 0. The number of rotatable bonds is 7. The van der Waals surface area contributed by atoms with Crippen molar-refractivity contribution in [3.63, 3.8) is 0 Å². The van der Waals surface area contributed by atoms with Gasteiger partial charge in [-0.25, -0.2) is 0 Å². The van der Waals surface area contributed by atoms with Crippen molar-refractivity contribution in [2.24, 2.45) is 5.92 Å². The number of carbonyl (C=O) groups excluding carboxylic acids is 1. The van der Waals surface area contributed by atoms with Gasteiger partial charge >= 0.3 is 0 Å². The molecule has 3 aromatic rings. The number of ether oxygens (including phenoxy) is 1. The van der Waals surface area contributed by atoms with E-state index in [1.165, 1.54) is 0 Å². The molecule has 0 unspecified atom stereocenters. The molecule has 26 heavy (non-hydrogen) atoms. The minimum absolute atomic E-state index is 0.0703. The van der Waals surface area contributed by atoms with Gasteiger partial charge in [0, 0.05) is 18.1 Å². The summed E-state index contributed by atoms with van der Waals surface area (Å²) in [4.78, 5) is 12.9. The number of anilines is 1. The first kappa shape index (κ1) is 17.7. The zero-order valence-corrected chi connectivity index (χ0v) is 15.0. The number of tetrazole rings is 1. The number of hydrogen-bond acceptors (Lipinski definition) is 5. The Morgan fingerprint density at radius 2 is 2.08 bits per heavy atom. The molecular weight excluding hydrogens is 332 g/mol. The van der Waals surface area contributed by atoms with Gasteiger partial charge in [-0.15, -0.1) is 10.2 Å². The standard InChI is InChI=1S/C18H22N6O2/c1-12(2)10-15(24-8-4-5-9-24)18(25)19-13-6-7-16(26-3)14(11-13)17-20-22-23-21-17/h4-9,11-12,15H,10H2,1-3H3,(H,19,25)(H,20,21,22,23)/t15-/m1/s1. The van der Waals surface area contributed by atoms with E-state index in [2.05, 4.69) is 39.8 Å². The highest BCUT2D eigenvalue weighted by atomic mass is 16.5. The Hall–Kier alpha value is -3.16. The van der Waals surface area contributed by atoms with Gasteiger partial charge in [0.05, 0.1) is 12.7 Å². The number of carbonyl (C=O) groups is 1. The fourth-order valence-electron chi connectivity index (χ4n) is 2.83. The van der Waals surface area contributed by atoms with Gasteiger partial charge in [0.15, 0.2) is 0 Å². The molecule has 3 rings (SSSR count). The first-order valence-corrected chi connectivity index (χ1v) is 8.43. The molecule has 0 aliphatic rings. The maximum absolute atomic E-state index is 12.9. The fraction of sp³-hybridized carbons (Fsp3) is 0.333. The number of methoxy groups -OCH3 is 1. The first-order chi connectivity index (χ1) is 12.6. The van der Waals surface area contributed by atoms with Crippen LogP contribution < -0.4 is 10.1 Å². The van der Waals surface area contributed by atoms with Gasteiger partial charge in [-0.3, -0.25) is 4.79 Å². The molecule has 0 fully saturated rings. The van der Waals surface area contributed by atoms with Crippen molar-refractivity contribution in [2.45, 2.75) is 26.3 Å². The smallest absolute Gasteiger partial charge is 0.247 e. The van der Waals surface area contributed by atoms with Crippen LogP contribution in [0.2, 0.25) is 0 Å². The highest BCUT2D eigenvalue weighted by Crippen LogP contribution is 2.30. The van der Waals surface area contributed by atoms with E-state index in [0.29, 0.717) is 28.7 Å². The lowest BCUT2D eigenvalue weighted by Gasteiger charge is -2.21. The monoisotopic (exact) mass is 354 g/mol. The van der Waals surface area contributed by atoms with Crippen molar-refractivity contribution >= 4 is 11.6 Å². The minimum atomic E-state index is -0.277. The molecule has 0 saturated heterocycles. The van der Waals surface area contributed by atoms with E-state index in [4.69, 9.17) is 4.74 Å². The highest BCUT2D eigenvalue weighted by Gasteiger charge is 2.22. The van der Waals surface area contributed by atoms with Crippen molar-refractivity contribution in [2.75, 3.05) is 12.4 Å². The van der Waals surface area contributed by atoms with Crippen LogP contribution in [-0.4, -0.2) is 38.2 Å². The Labute approximate surface area is 151 Å². The van der Waals surface area contributed by atoms with Gasteiger partial charge in [0.2, 0.25) is 11.7 Å². The Balaban J connectivity index is 1.85. The average Bonchev–Trinajstić information content (AvgIpc) is 3.33. The van der Waals surface area contributed by atoms with Gasteiger partial charge < -0.3 is 14.6 Å². The zero-order valence-electron chi connectivity index (χ0n) is 15.0. The normalized spacial score (nSPS) is 12.2. The Morgan fingerprint density at radius 3 is 2.69 bits per heavy atom. The van der Waals surface area contributed by atoms with E-state index in [1.807, 2.05) is 29.1 Å². The average molecular weight is 354 g/mol. The van der Waals surface area contributed by atoms with Crippen LogP contribution in [0, 0.1) is 5.92 Å². The van der Waals surface area contributed by atoms with Crippen LogP contribution in [0.25, 0.3) is 11.4 Å². The molecule has 0 saturated carbocycles. The molecule has 1 amide bonds. The van der Waals surface area contributed by atoms with Crippen molar-refractivity contribution in [3.05, 3.63) is 42.7 Å². The summed E-state index contributed by atoms with van der Waals surface area (Å²) in [5.41, 5.74) is 1.30. The molecule has 0 aliphatic carbocycles. The van der Waals surface area contributed by atoms with Crippen molar-refractivity contribution in [1.82, 2.24) is 25.2 Å². The zero-order chi connectivity index (χ0) is 18.5. The minimum Gasteiger partial charge on any atom is -0.496 e. The number of aromatic amines is 1. The summed E-state index contributed by atoms with van der Waals surface area (Å²) in [5.74, 6) is 1.33. The van der Waals surface area contributed by atoms with E-state index in [9.17, 15) is 4.79 Å². The number of H-pyrrole nitrogens is 1. The van der Waals surface area contributed by atoms with Gasteiger partial charge in [-0.05, 0) is 47.9 Å². The number of nitrogens with zero attached hydrogens (tertiary/aromatic N) is 4. The maximum atomic E-state index is 12.9. The SMILES string of the molecule is COc1ccc(NC(=O)[C@@H](CC(C)C)n2cccc2)cc1-c1nn[nH]n1. The third-order valence-corrected chi connectivity index (χ3v) is 4.04. The second-order valence-electron chi connectivity index (χ2n) is 6.42. The van der Waals surface area contributed by atoms with E-state index >= 15 is 0 Å². The van der Waals surface area contributed by atoms with Gasteiger partial charge in [0.25, 0.3) is 0 Å². The van der Waals surface area contributed by atoms with Gasteiger partial charge in [-0.1, -0.05) is 13.8 Å². The van der Waals surface area contributed by atoms with Crippen LogP contribution in [0.15, 0.2) is 42.7 Å². The molecule has 136 valence electrons. The number of benzene rings is 1. The molecule has 0 radical (unpaired) electrons. The second kappa shape index (κ2) is 7.81. The molecule has 0 aliphatic heterocycles. The summed E-state index contributed by atoms with van der Waals surface area (Å²) < 4.78 is 7.28. The van der Waals surface area contributed by atoms with Crippen molar-refractivity contribution in [1.29, 1.82) is 0 Å². The topological polar surface area (TPSA) is 97.7 Å². The second-order valence-corrected chi connectivity index (χ2v) is 6.42. The predicted molar refractivity (Wildman–Crippen MR) is 97.7 cm³/mol. The lowest BCUT2D eigenvalue weighted by Crippen LogP contribution is -2.26. The van der Waals surface area contributed by atoms with Crippen molar-refractivity contribution in [3.8, 4) is 17.1 Å². The molecule has 2 N–H and O–H groups in total. The van der Waals surface area contributed by atoms with E-state index in [1.54, 1.807) is 25.3 Å². The van der Waals surface area contributed by atoms with Crippen LogP contribution in [0.5, 0.6) is 5.75 Å². The largest absolute Gasteiger partial charge is 0.496 e. The highest BCUT2D eigenvalue weighted by molar-refractivity contribution is 5.94.